The monoisotopic (exact) mass is 418 g/mol. The number of amides is 1. The Bertz CT molecular complexity index is 989. The Balaban J connectivity index is 1.62. The minimum Gasteiger partial charge on any atom is -0.496 e. The van der Waals surface area contributed by atoms with Crippen LogP contribution >= 0.6 is 23.2 Å². The second-order valence-electron chi connectivity index (χ2n) is 6.77. The molecule has 2 heterocycles. The highest BCUT2D eigenvalue weighted by Gasteiger charge is 2.17. The van der Waals surface area contributed by atoms with Gasteiger partial charge in [0.05, 0.1) is 33.8 Å². The van der Waals surface area contributed by atoms with Crippen LogP contribution < -0.4 is 10.2 Å². The van der Waals surface area contributed by atoms with Gasteiger partial charge in [0, 0.05) is 18.7 Å². The Kier molecular flexibility index (Phi) is 5.44. The van der Waals surface area contributed by atoms with E-state index in [1.165, 1.54) is 6.42 Å². The molecule has 1 aliphatic heterocycles. The first-order valence-corrected chi connectivity index (χ1v) is 9.90. The second kappa shape index (κ2) is 7.99. The third-order valence-corrected chi connectivity index (χ3v) is 5.58. The summed E-state index contributed by atoms with van der Waals surface area (Å²) in [7, 11) is 1.57. The van der Waals surface area contributed by atoms with Crippen molar-refractivity contribution in [2.45, 2.75) is 19.3 Å². The number of nitrogens with one attached hydrogen (secondary N) is 2. The van der Waals surface area contributed by atoms with Gasteiger partial charge in [-0.1, -0.05) is 29.6 Å². The molecule has 0 bridgehead atoms. The third kappa shape index (κ3) is 3.81. The van der Waals surface area contributed by atoms with Gasteiger partial charge in [0.15, 0.2) is 0 Å². The quantitative estimate of drug-likeness (QED) is 0.645. The van der Waals surface area contributed by atoms with Gasteiger partial charge in [-0.25, -0.2) is 9.99 Å². The van der Waals surface area contributed by atoms with Gasteiger partial charge in [-0.15, -0.1) is 0 Å². The molecule has 0 saturated carbocycles. The molecule has 146 valence electrons. The van der Waals surface area contributed by atoms with Crippen molar-refractivity contribution in [3.05, 3.63) is 45.9 Å². The fraction of sp³-hybridized carbons (Fsp3) is 0.300. The highest BCUT2D eigenvalue weighted by atomic mass is 35.5. The zero-order valence-corrected chi connectivity index (χ0v) is 16.9. The maximum atomic E-state index is 12.6. The zero-order valence-electron chi connectivity index (χ0n) is 15.4. The Morgan fingerprint density at radius 2 is 1.89 bits per heavy atom. The van der Waals surface area contributed by atoms with E-state index in [-0.39, 0.29) is 5.91 Å². The van der Waals surface area contributed by atoms with Gasteiger partial charge in [0.1, 0.15) is 11.6 Å². The number of fused-ring (bicyclic) bond motifs is 1. The molecule has 2 N–H and O–H groups in total. The number of carbonyl (C=O) groups is 1. The van der Waals surface area contributed by atoms with Gasteiger partial charge in [-0.2, -0.15) is 0 Å². The van der Waals surface area contributed by atoms with E-state index in [1.54, 1.807) is 31.4 Å². The maximum Gasteiger partial charge on any atom is 0.265 e. The van der Waals surface area contributed by atoms with Crippen LogP contribution in [0, 0.1) is 0 Å². The van der Waals surface area contributed by atoms with E-state index in [9.17, 15) is 4.79 Å². The van der Waals surface area contributed by atoms with Crippen LogP contribution in [0.25, 0.3) is 22.4 Å². The molecule has 0 unspecified atom stereocenters. The van der Waals surface area contributed by atoms with Crippen LogP contribution in [-0.2, 0) is 0 Å². The summed E-state index contributed by atoms with van der Waals surface area (Å²) in [6.45, 7) is 1.76. The summed E-state index contributed by atoms with van der Waals surface area (Å²) in [6, 6.07) is 8.77. The molecule has 0 atom stereocenters. The third-order valence-electron chi connectivity index (χ3n) is 4.86. The highest BCUT2D eigenvalue weighted by Crippen LogP contribution is 2.33. The molecule has 1 aliphatic rings. The first kappa shape index (κ1) is 19.1. The number of aromatic amines is 1. The zero-order chi connectivity index (χ0) is 19.7. The lowest BCUT2D eigenvalue weighted by Crippen LogP contribution is -2.45. The average molecular weight is 419 g/mol. The average Bonchev–Trinajstić information content (AvgIpc) is 3.11. The van der Waals surface area contributed by atoms with E-state index < -0.39 is 0 Å². The summed E-state index contributed by atoms with van der Waals surface area (Å²) in [6.07, 6.45) is 3.41. The molecule has 28 heavy (non-hydrogen) atoms. The van der Waals surface area contributed by atoms with Crippen molar-refractivity contribution in [1.82, 2.24) is 20.4 Å². The summed E-state index contributed by atoms with van der Waals surface area (Å²) < 4.78 is 5.52. The maximum absolute atomic E-state index is 12.6. The minimum absolute atomic E-state index is 0.144. The fourth-order valence-corrected chi connectivity index (χ4v) is 3.70. The molecule has 0 spiro atoms. The number of H-pyrrole nitrogens is 1. The van der Waals surface area contributed by atoms with E-state index in [2.05, 4.69) is 15.4 Å². The van der Waals surface area contributed by atoms with Gasteiger partial charge in [-0.05, 0) is 43.2 Å². The summed E-state index contributed by atoms with van der Waals surface area (Å²) in [5.41, 5.74) is 5.73. The van der Waals surface area contributed by atoms with Crippen molar-refractivity contribution >= 4 is 40.1 Å². The highest BCUT2D eigenvalue weighted by molar-refractivity contribution is 6.42. The number of ether oxygens (including phenoxy) is 1. The number of piperidine rings is 1. The molecule has 1 saturated heterocycles. The number of benzene rings is 2. The van der Waals surface area contributed by atoms with Crippen molar-refractivity contribution in [3.63, 3.8) is 0 Å². The molecule has 1 fully saturated rings. The number of carbonyl (C=O) groups excluding carboxylic acids is 1. The molecule has 3 aromatic rings. The number of imidazole rings is 1. The number of methoxy groups -OCH3 is 1. The van der Waals surface area contributed by atoms with E-state index >= 15 is 0 Å². The molecule has 6 nitrogen and oxygen atoms in total. The van der Waals surface area contributed by atoms with Crippen molar-refractivity contribution in [2.75, 3.05) is 20.2 Å². The largest absolute Gasteiger partial charge is 0.496 e. The van der Waals surface area contributed by atoms with E-state index in [4.69, 9.17) is 27.9 Å². The molecule has 0 radical (unpaired) electrons. The summed E-state index contributed by atoms with van der Waals surface area (Å²) in [4.78, 5) is 20.4. The van der Waals surface area contributed by atoms with Gasteiger partial charge >= 0.3 is 0 Å². The molecule has 8 heteroatoms. The standard InChI is InChI=1S/C20H20Cl2N4O2/c1-28-18-9-12(20(27)25-26-7-3-2-4-8-26)5-6-13(18)19-23-16-10-14(21)15(22)11-17(16)24-19/h5-6,9-11H,2-4,7-8H2,1H3,(H,23,24)(H,25,27). The first-order valence-electron chi connectivity index (χ1n) is 9.14. The number of hydrogen-bond donors (Lipinski definition) is 2. The van der Waals surface area contributed by atoms with Crippen molar-refractivity contribution < 1.29 is 9.53 Å². The molecule has 1 amide bonds. The summed E-state index contributed by atoms with van der Waals surface area (Å²) >= 11 is 12.2. The number of halogens is 2. The van der Waals surface area contributed by atoms with Crippen molar-refractivity contribution in [2.24, 2.45) is 0 Å². The van der Waals surface area contributed by atoms with Crippen LogP contribution in [0.3, 0.4) is 0 Å². The number of aromatic nitrogens is 2. The lowest BCUT2D eigenvalue weighted by molar-refractivity contribution is 0.0750. The smallest absolute Gasteiger partial charge is 0.265 e. The van der Waals surface area contributed by atoms with Crippen molar-refractivity contribution in [1.29, 1.82) is 0 Å². The van der Waals surface area contributed by atoms with E-state index in [0.717, 1.165) is 37.0 Å². The Hall–Kier alpha value is -2.28. The molecular weight excluding hydrogens is 399 g/mol. The lowest BCUT2D eigenvalue weighted by atomic mass is 10.1. The molecular formula is C20H20Cl2N4O2. The van der Waals surface area contributed by atoms with E-state index in [1.807, 2.05) is 11.1 Å². The predicted octanol–water partition coefficient (Wildman–Crippen LogP) is 4.68. The Labute approximate surface area is 172 Å². The van der Waals surface area contributed by atoms with Crippen LogP contribution in [0.15, 0.2) is 30.3 Å². The van der Waals surface area contributed by atoms with E-state index in [0.29, 0.717) is 32.7 Å². The van der Waals surface area contributed by atoms with Gasteiger partial charge in [0.2, 0.25) is 0 Å². The minimum atomic E-state index is -0.144. The number of hydrazine groups is 1. The second-order valence-corrected chi connectivity index (χ2v) is 7.59. The van der Waals surface area contributed by atoms with Crippen molar-refractivity contribution in [3.8, 4) is 17.1 Å². The van der Waals surface area contributed by atoms with Crippen LogP contribution in [0.2, 0.25) is 10.0 Å². The SMILES string of the molecule is COc1cc(C(=O)NN2CCCCC2)ccc1-c1nc2cc(Cl)c(Cl)cc2[nH]1. The Morgan fingerprint density at radius 1 is 1.14 bits per heavy atom. The predicted molar refractivity (Wildman–Crippen MR) is 111 cm³/mol. The Morgan fingerprint density at radius 3 is 2.64 bits per heavy atom. The molecule has 2 aromatic carbocycles. The topological polar surface area (TPSA) is 70.2 Å². The summed E-state index contributed by atoms with van der Waals surface area (Å²) in [5.74, 6) is 1.03. The summed E-state index contributed by atoms with van der Waals surface area (Å²) in [5, 5.41) is 2.88. The molecule has 1 aromatic heterocycles. The van der Waals surface area contributed by atoms with Gasteiger partial charge in [-0.3, -0.25) is 10.2 Å². The van der Waals surface area contributed by atoms with Crippen LogP contribution in [0.1, 0.15) is 29.6 Å². The molecule has 4 rings (SSSR count). The van der Waals surface area contributed by atoms with Crippen LogP contribution in [-0.4, -0.2) is 41.1 Å². The number of hydrogen-bond acceptors (Lipinski definition) is 4. The van der Waals surface area contributed by atoms with Gasteiger partial charge in [0.25, 0.3) is 5.91 Å². The lowest BCUT2D eigenvalue weighted by Gasteiger charge is -2.26. The van der Waals surface area contributed by atoms with Gasteiger partial charge < -0.3 is 9.72 Å². The number of rotatable bonds is 4. The van der Waals surface area contributed by atoms with Crippen LogP contribution in [0.4, 0.5) is 0 Å². The fourth-order valence-electron chi connectivity index (χ4n) is 3.37. The van der Waals surface area contributed by atoms with Crippen LogP contribution in [0.5, 0.6) is 5.75 Å². The molecule has 0 aliphatic carbocycles. The number of nitrogens with zero attached hydrogens (tertiary/aromatic N) is 2. The first-order chi connectivity index (χ1) is 13.5. The normalized spacial score (nSPS) is 15.0.